The second-order valence-electron chi connectivity index (χ2n) is 5.05. The Bertz CT molecular complexity index is 399. The standard InChI is InChI=1S/C14H15FO/c15-10-6-4-9(5-7-10)8-13(16)14-11-2-1-3-12(11)14/h4-7,11-12,14H,1-3,8H2. The molecule has 1 aromatic carbocycles. The monoisotopic (exact) mass is 218 g/mol. The molecule has 2 saturated carbocycles. The quantitative estimate of drug-likeness (QED) is 0.762. The fourth-order valence-corrected chi connectivity index (χ4v) is 3.22. The molecule has 0 aliphatic heterocycles. The van der Waals surface area contributed by atoms with Gasteiger partial charge in [-0.3, -0.25) is 4.79 Å². The van der Waals surface area contributed by atoms with Crippen molar-refractivity contribution in [3.05, 3.63) is 35.6 Å². The zero-order valence-electron chi connectivity index (χ0n) is 9.16. The maximum Gasteiger partial charge on any atom is 0.140 e. The van der Waals surface area contributed by atoms with Crippen LogP contribution in [0.1, 0.15) is 24.8 Å². The van der Waals surface area contributed by atoms with Crippen LogP contribution in [0.4, 0.5) is 4.39 Å². The number of carbonyl (C=O) groups excluding carboxylic acids is 1. The van der Waals surface area contributed by atoms with Crippen molar-refractivity contribution in [3.63, 3.8) is 0 Å². The summed E-state index contributed by atoms with van der Waals surface area (Å²) in [4.78, 5) is 12.0. The number of rotatable bonds is 3. The molecule has 2 unspecified atom stereocenters. The Morgan fingerprint density at radius 3 is 2.44 bits per heavy atom. The van der Waals surface area contributed by atoms with Crippen molar-refractivity contribution in [3.8, 4) is 0 Å². The second kappa shape index (κ2) is 3.69. The highest BCUT2D eigenvalue weighted by Crippen LogP contribution is 2.58. The number of fused-ring (bicyclic) bond motifs is 1. The zero-order chi connectivity index (χ0) is 11.1. The van der Waals surface area contributed by atoms with E-state index in [1.807, 2.05) is 0 Å². The van der Waals surface area contributed by atoms with Crippen LogP contribution in [0.2, 0.25) is 0 Å². The SMILES string of the molecule is O=C(Cc1ccc(F)cc1)C1C2CCCC21. The Morgan fingerprint density at radius 1 is 1.19 bits per heavy atom. The van der Waals surface area contributed by atoms with E-state index in [0.29, 0.717) is 30.0 Å². The van der Waals surface area contributed by atoms with E-state index in [-0.39, 0.29) is 5.82 Å². The van der Waals surface area contributed by atoms with Crippen molar-refractivity contribution in [2.45, 2.75) is 25.7 Å². The normalized spacial score (nSPS) is 31.2. The molecule has 0 aromatic heterocycles. The van der Waals surface area contributed by atoms with Crippen LogP contribution < -0.4 is 0 Å². The summed E-state index contributed by atoms with van der Waals surface area (Å²) in [5, 5.41) is 0. The molecule has 0 heterocycles. The van der Waals surface area contributed by atoms with Crippen molar-refractivity contribution >= 4 is 5.78 Å². The minimum absolute atomic E-state index is 0.237. The third-order valence-corrected chi connectivity index (χ3v) is 4.07. The summed E-state index contributed by atoms with van der Waals surface area (Å²) in [6, 6.07) is 6.28. The molecule has 2 atom stereocenters. The molecule has 84 valence electrons. The Labute approximate surface area is 94.7 Å². The zero-order valence-corrected chi connectivity index (χ0v) is 9.16. The van der Waals surface area contributed by atoms with Gasteiger partial charge in [-0.1, -0.05) is 18.6 Å². The Kier molecular flexibility index (Phi) is 2.31. The van der Waals surface area contributed by atoms with E-state index in [2.05, 4.69) is 0 Å². The lowest BCUT2D eigenvalue weighted by molar-refractivity contribution is -0.120. The average Bonchev–Trinajstić information content (AvgIpc) is 2.76. The summed E-state index contributed by atoms with van der Waals surface area (Å²) >= 11 is 0. The molecule has 0 N–H and O–H groups in total. The van der Waals surface area contributed by atoms with Crippen molar-refractivity contribution < 1.29 is 9.18 Å². The number of benzene rings is 1. The Hall–Kier alpha value is -1.18. The van der Waals surface area contributed by atoms with Gasteiger partial charge in [0.1, 0.15) is 11.6 Å². The van der Waals surface area contributed by atoms with Crippen LogP contribution in [-0.4, -0.2) is 5.78 Å². The van der Waals surface area contributed by atoms with Gasteiger partial charge in [0.05, 0.1) is 0 Å². The van der Waals surface area contributed by atoms with Crippen molar-refractivity contribution in [1.82, 2.24) is 0 Å². The maximum atomic E-state index is 12.7. The number of ketones is 1. The van der Waals surface area contributed by atoms with E-state index in [1.165, 1.54) is 31.4 Å². The van der Waals surface area contributed by atoms with E-state index < -0.39 is 0 Å². The smallest absolute Gasteiger partial charge is 0.140 e. The molecule has 2 heteroatoms. The summed E-state index contributed by atoms with van der Waals surface area (Å²) < 4.78 is 12.7. The molecule has 0 radical (unpaired) electrons. The predicted octanol–water partition coefficient (Wildman–Crippen LogP) is 2.98. The minimum atomic E-state index is -0.237. The van der Waals surface area contributed by atoms with Gasteiger partial charge in [-0.05, 0) is 42.4 Å². The second-order valence-corrected chi connectivity index (χ2v) is 5.05. The van der Waals surface area contributed by atoms with Gasteiger partial charge < -0.3 is 0 Å². The van der Waals surface area contributed by atoms with E-state index in [4.69, 9.17) is 0 Å². The first kappa shape index (κ1) is 10.0. The van der Waals surface area contributed by atoms with Crippen LogP contribution in [0.5, 0.6) is 0 Å². The van der Waals surface area contributed by atoms with E-state index >= 15 is 0 Å². The van der Waals surface area contributed by atoms with Gasteiger partial charge in [-0.15, -0.1) is 0 Å². The van der Waals surface area contributed by atoms with E-state index in [1.54, 1.807) is 12.1 Å². The fraction of sp³-hybridized carbons (Fsp3) is 0.500. The largest absolute Gasteiger partial charge is 0.299 e. The lowest BCUT2D eigenvalue weighted by atomic mass is 10.0. The third kappa shape index (κ3) is 1.66. The van der Waals surface area contributed by atoms with Crippen molar-refractivity contribution in [2.24, 2.45) is 17.8 Å². The minimum Gasteiger partial charge on any atom is -0.299 e. The molecule has 0 amide bonds. The molecule has 2 fully saturated rings. The van der Waals surface area contributed by atoms with Gasteiger partial charge in [0.15, 0.2) is 0 Å². The van der Waals surface area contributed by atoms with Crippen LogP contribution in [0.15, 0.2) is 24.3 Å². The average molecular weight is 218 g/mol. The Morgan fingerprint density at radius 2 is 1.81 bits per heavy atom. The summed E-state index contributed by atoms with van der Waals surface area (Å²) in [6.07, 6.45) is 4.27. The predicted molar refractivity (Wildman–Crippen MR) is 59.4 cm³/mol. The van der Waals surface area contributed by atoms with Gasteiger partial charge in [0.25, 0.3) is 0 Å². The molecular weight excluding hydrogens is 203 g/mol. The van der Waals surface area contributed by atoms with Crippen LogP contribution in [0.25, 0.3) is 0 Å². The van der Waals surface area contributed by atoms with Crippen LogP contribution >= 0.6 is 0 Å². The molecule has 1 aromatic rings. The number of hydrogen-bond donors (Lipinski definition) is 0. The van der Waals surface area contributed by atoms with Crippen molar-refractivity contribution in [2.75, 3.05) is 0 Å². The van der Waals surface area contributed by atoms with E-state index in [0.717, 1.165) is 5.56 Å². The molecule has 0 spiro atoms. The van der Waals surface area contributed by atoms with Gasteiger partial charge in [-0.2, -0.15) is 0 Å². The molecule has 2 aliphatic carbocycles. The topological polar surface area (TPSA) is 17.1 Å². The van der Waals surface area contributed by atoms with Gasteiger partial charge in [-0.25, -0.2) is 4.39 Å². The highest BCUT2D eigenvalue weighted by molar-refractivity contribution is 5.86. The molecular formula is C14H15FO. The number of Topliss-reactive ketones (excluding diaryl/α,β-unsaturated/α-hetero) is 1. The lowest BCUT2D eigenvalue weighted by Crippen LogP contribution is -2.09. The molecule has 0 bridgehead atoms. The number of carbonyl (C=O) groups is 1. The highest BCUT2D eigenvalue weighted by Gasteiger charge is 2.55. The first-order valence-corrected chi connectivity index (χ1v) is 6.03. The van der Waals surface area contributed by atoms with Crippen LogP contribution in [0, 0.1) is 23.6 Å². The van der Waals surface area contributed by atoms with Crippen molar-refractivity contribution in [1.29, 1.82) is 0 Å². The first-order chi connectivity index (χ1) is 7.75. The molecule has 16 heavy (non-hydrogen) atoms. The fourth-order valence-electron chi connectivity index (χ4n) is 3.22. The number of halogens is 1. The summed E-state index contributed by atoms with van der Waals surface area (Å²) in [5.74, 6) is 1.83. The van der Waals surface area contributed by atoms with Gasteiger partial charge >= 0.3 is 0 Å². The summed E-state index contributed by atoms with van der Waals surface area (Å²) in [6.45, 7) is 0. The van der Waals surface area contributed by atoms with Crippen LogP contribution in [-0.2, 0) is 11.2 Å². The first-order valence-electron chi connectivity index (χ1n) is 6.03. The number of hydrogen-bond acceptors (Lipinski definition) is 1. The lowest BCUT2D eigenvalue weighted by Gasteiger charge is -2.03. The maximum absolute atomic E-state index is 12.7. The highest BCUT2D eigenvalue weighted by atomic mass is 19.1. The Balaban J connectivity index is 1.63. The van der Waals surface area contributed by atoms with Gasteiger partial charge in [0.2, 0.25) is 0 Å². The summed E-state index contributed by atoms with van der Waals surface area (Å²) in [5.41, 5.74) is 0.941. The molecule has 2 aliphatic rings. The van der Waals surface area contributed by atoms with Gasteiger partial charge in [0, 0.05) is 12.3 Å². The third-order valence-electron chi connectivity index (χ3n) is 4.07. The summed E-state index contributed by atoms with van der Waals surface area (Å²) in [7, 11) is 0. The van der Waals surface area contributed by atoms with Crippen LogP contribution in [0.3, 0.4) is 0 Å². The van der Waals surface area contributed by atoms with E-state index in [9.17, 15) is 9.18 Å². The molecule has 1 nitrogen and oxygen atoms in total. The molecule has 3 rings (SSSR count). The molecule has 0 saturated heterocycles.